The van der Waals surface area contributed by atoms with Gasteiger partial charge in [0.25, 0.3) is 6.02 Å². The second-order valence-corrected chi connectivity index (χ2v) is 7.98. The lowest BCUT2D eigenvalue weighted by atomic mass is 10.0. The molecule has 1 fully saturated rings. The summed E-state index contributed by atoms with van der Waals surface area (Å²) in [5.74, 6) is 1.36. The first-order valence-corrected chi connectivity index (χ1v) is 11.0. The molecule has 28 heavy (non-hydrogen) atoms. The van der Waals surface area contributed by atoms with Crippen molar-refractivity contribution in [1.82, 2.24) is 9.80 Å². The highest BCUT2D eigenvalue weighted by molar-refractivity contribution is 14.1. The molecule has 1 aromatic carbocycles. The molecule has 0 unspecified atom stereocenters. The van der Waals surface area contributed by atoms with E-state index >= 15 is 0 Å². The van der Waals surface area contributed by atoms with Gasteiger partial charge in [-0.05, 0) is 73.1 Å². The van der Waals surface area contributed by atoms with E-state index in [0.717, 1.165) is 53.9 Å². The van der Waals surface area contributed by atoms with Gasteiger partial charge >= 0.3 is 0 Å². The molecule has 5 nitrogen and oxygen atoms in total. The van der Waals surface area contributed by atoms with Crippen LogP contribution in [0.15, 0.2) is 42.5 Å². The number of hydrogen-bond donors (Lipinski definition) is 0. The molecule has 1 aliphatic heterocycles. The molecule has 6 heteroatoms. The first kappa shape index (κ1) is 22.7. The maximum absolute atomic E-state index is 6.06. The predicted molar refractivity (Wildman–Crippen MR) is 126 cm³/mol. The van der Waals surface area contributed by atoms with Crippen LogP contribution >= 0.6 is 22.6 Å². The summed E-state index contributed by atoms with van der Waals surface area (Å²) in [7, 11) is 1.66. The van der Waals surface area contributed by atoms with Crippen LogP contribution in [-0.2, 0) is 4.74 Å². The van der Waals surface area contributed by atoms with E-state index in [0.29, 0.717) is 17.8 Å². The molecule has 0 spiro atoms. The van der Waals surface area contributed by atoms with E-state index in [4.69, 9.17) is 9.47 Å². The van der Waals surface area contributed by atoms with Crippen LogP contribution in [0.4, 0.5) is 0 Å². The van der Waals surface area contributed by atoms with Crippen molar-refractivity contribution < 1.29 is 9.47 Å². The molecular weight excluding hydrogens is 465 g/mol. The third kappa shape index (κ3) is 5.98. The fourth-order valence-electron chi connectivity index (χ4n) is 3.56. The Bertz CT molecular complexity index is 697. The fourth-order valence-corrected chi connectivity index (χ4v) is 4.12. The Balaban J connectivity index is 2.03. The predicted octanol–water partition coefficient (Wildman–Crippen LogP) is 4.98. The number of likely N-dealkylation sites (tertiary alicyclic amines) is 1. The van der Waals surface area contributed by atoms with Gasteiger partial charge in [0.05, 0.1) is 10.7 Å². The molecule has 1 aromatic rings. The Morgan fingerprint density at radius 1 is 1.36 bits per heavy atom. The maximum Gasteiger partial charge on any atom is 0.297 e. The first-order chi connectivity index (χ1) is 13.5. The van der Waals surface area contributed by atoms with Gasteiger partial charge in [0.15, 0.2) is 0 Å². The average molecular weight is 497 g/mol. The smallest absolute Gasteiger partial charge is 0.297 e. The number of hydrogen-bond acceptors (Lipinski definition) is 4. The van der Waals surface area contributed by atoms with Crippen LogP contribution in [-0.4, -0.2) is 55.2 Å². The molecule has 0 saturated carbocycles. The third-order valence-electron chi connectivity index (χ3n) is 5.06. The normalized spacial score (nSPS) is 15.6. The minimum atomic E-state index is 0.554. The van der Waals surface area contributed by atoms with Gasteiger partial charge in [-0.15, -0.1) is 0 Å². The highest BCUT2D eigenvalue weighted by Gasteiger charge is 2.26. The van der Waals surface area contributed by atoms with Crippen molar-refractivity contribution in [2.75, 3.05) is 33.3 Å². The Morgan fingerprint density at radius 3 is 2.64 bits per heavy atom. The Kier molecular flexibility index (Phi) is 9.31. The lowest BCUT2D eigenvalue weighted by molar-refractivity contribution is 0.134. The van der Waals surface area contributed by atoms with Crippen molar-refractivity contribution in [3.05, 3.63) is 46.7 Å². The van der Waals surface area contributed by atoms with Gasteiger partial charge in [-0.2, -0.15) is 0 Å². The highest BCUT2D eigenvalue weighted by atomic mass is 127. The molecule has 0 aliphatic carbocycles. The molecule has 0 atom stereocenters. The van der Waals surface area contributed by atoms with Crippen molar-refractivity contribution in [2.45, 2.75) is 39.2 Å². The van der Waals surface area contributed by atoms with Gasteiger partial charge < -0.3 is 19.3 Å². The van der Waals surface area contributed by atoms with E-state index in [1.165, 1.54) is 12.6 Å². The fraction of sp³-hybridized carbons (Fsp3) is 0.500. The maximum atomic E-state index is 6.06. The minimum absolute atomic E-state index is 0.554. The summed E-state index contributed by atoms with van der Waals surface area (Å²) >= 11 is 2.25. The van der Waals surface area contributed by atoms with Crippen LogP contribution in [0, 0.1) is 3.57 Å². The molecule has 0 bridgehead atoms. The van der Waals surface area contributed by atoms with Crippen molar-refractivity contribution in [3.8, 4) is 5.75 Å². The van der Waals surface area contributed by atoms with Crippen LogP contribution in [0.1, 0.15) is 38.7 Å². The molecule has 0 amide bonds. The Hall–Kier alpha value is -1.54. The summed E-state index contributed by atoms with van der Waals surface area (Å²) in [6, 6.07) is 7.11. The Morgan fingerprint density at radius 2 is 2.07 bits per heavy atom. The molecule has 2 rings (SSSR count). The minimum Gasteiger partial charge on any atom is -0.496 e. The van der Waals surface area contributed by atoms with E-state index in [2.05, 4.69) is 64.4 Å². The zero-order valence-electron chi connectivity index (χ0n) is 17.3. The molecule has 154 valence electrons. The van der Waals surface area contributed by atoms with Crippen LogP contribution in [0.2, 0.25) is 0 Å². The number of amidine groups is 1. The van der Waals surface area contributed by atoms with Crippen molar-refractivity contribution in [2.24, 2.45) is 4.99 Å². The molecular formula is C22H32IN3O2. The molecule has 0 radical (unpaired) electrons. The lowest BCUT2D eigenvalue weighted by Crippen LogP contribution is -2.47. The van der Waals surface area contributed by atoms with E-state index < -0.39 is 0 Å². The van der Waals surface area contributed by atoms with Gasteiger partial charge in [-0.25, -0.2) is 4.99 Å². The summed E-state index contributed by atoms with van der Waals surface area (Å²) in [5, 5.41) is 0. The number of aliphatic imine (C=N–C) groups is 1. The first-order valence-electron chi connectivity index (χ1n) is 9.92. The van der Waals surface area contributed by atoms with Gasteiger partial charge in [0.1, 0.15) is 11.5 Å². The van der Waals surface area contributed by atoms with Crippen LogP contribution in [0.5, 0.6) is 5.75 Å². The number of rotatable bonds is 8. The van der Waals surface area contributed by atoms with Crippen molar-refractivity contribution in [1.29, 1.82) is 0 Å². The second-order valence-electron chi connectivity index (χ2n) is 6.82. The summed E-state index contributed by atoms with van der Waals surface area (Å²) in [6.45, 7) is 16.4. The quantitative estimate of drug-likeness (QED) is 0.220. The van der Waals surface area contributed by atoms with Gasteiger partial charge in [-0.1, -0.05) is 27.0 Å². The van der Waals surface area contributed by atoms with Crippen LogP contribution in [0.3, 0.4) is 0 Å². The van der Waals surface area contributed by atoms with E-state index in [1.807, 2.05) is 18.2 Å². The van der Waals surface area contributed by atoms with E-state index in [9.17, 15) is 0 Å². The Labute approximate surface area is 183 Å². The number of methoxy groups -OCH3 is 1. The standard InChI is InChI=1S/C22H32IN3O2/c1-6-13-25(8-3)19-11-14-26(15-12-19)22(24-7-2)28-17(4)18-9-10-20(23)21(16-18)27-5/h7,9-10,16,19H,2,4,6,8,11-15H2,1,3,5H3. The summed E-state index contributed by atoms with van der Waals surface area (Å²) in [6.07, 6.45) is 4.94. The van der Waals surface area contributed by atoms with Crippen molar-refractivity contribution >= 4 is 34.4 Å². The average Bonchev–Trinajstić information content (AvgIpc) is 2.72. The molecule has 1 saturated heterocycles. The van der Waals surface area contributed by atoms with Crippen LogP contribution < -0.4 is 4.74 Å². The zero-order valence-corrected chi connectivity index (χ0v) is 19.4. The van der Waals surface area contributed by atoms with Crippen LogP contribution in [0.25, 0.3) is 5.76 Å². The SMILES string of the molecule is C=CN=C(OC(=C)c1ccc(I)c(OC)c1)N1CCC(N(CC)CCC)CC1. The zero-order chi connectivity index (χ0) is 20.5. The lowest BCUT2D eigenvalue weighted by Gasteiger charge is -2.38. The van der Waals surface area contributed by atoms with Gasteiger partial charge in [0.2, 0.25) is 0 Å². The summed E-state index contributed by atoms with van der Waals surface area (Å²) < 4.78 is 12.5. The molecule has 0 N–H and O–H groups in total. The topological polar surface area (TPSA) is 37.3 Å². The largest absolute Gasteiger partial charge is 0.496 e. The number of nitrogens with zero attached hydrogens (tertiary/aromatic N) is 3. The number of ether oxygens (including phenoxy) is 2. The number of benzene rings is 1. The van der Waals surface area contributed by atoms with Gasteiger partial charge in [0, 0.05) is 30.9 Å². The summed E-state index contributed by atoms with van der Waals surface area (Å²) in [4.78, 5) is 9.15. The second kappa shape index (κ2) is 11.5. The highest BCUT2D eigenvalue weighted by Crippen LogP contribution is 2.26. The monoisotopic (exact) mass is 497 g/mol. The van der Waals surface area contributed by atoms with E-state index in [-0.39, 0.29) is 0 Å². The third-order valence-corrected chi connectivity index (χ3v) is 5.95. The van der Waals surface area contributed by atoms with Gasteiger partial charge in [-0.3, -0.25) is 0 Å². The number of piperidine rings is 1. The molecule has 1 aliphatic rings. The molecule has 0 aromatic heterocycles. The number of halogens is 1. The van der Waals surface area contributed by atoms with Crippen molar-refractivity contribution in [3.63, 3.8) is 0 Å². The molecule has 1 heterocycles. The summed E-state index contributed by atoms with van der Waals surface area (Å²) in [5.41, 5.74) is 0.879. The van der Waals surface area contributed by atoms with E-state index in [1.54, 1.807) is 7.11 Å².